The quantitative estimate of drug-likeness (QED) is 0.783. The highest BCUT2D eigenvalue weighted by molar-refractivity contribution is 5.89. The molecule has 2 atom stereocenters. The first-order chi connectivity index (χ1) is 12.1. The number of carbonyl (C=O) groups is 3. The van der Waals surface area contributed by atoms with E-state index in [2.05, 4.69) is 15.6 Å². The van der Waals surface area contributed by atoms with Crippen LogP contribution in [0.15, 0.2) is 30.3 Å². The molecule has 2 fully saturated rings. The van der Waals surface area contributed by atoms with E-state index in [9.17, 15) is 14.4 Å². The highest BCUT2D eigenvalue weighted by atomic mass is 16.7. The van der Waals surface area contributed by atoms with Gasteiger partial charge in [0.05, 0.1) is 13.2 Å². The van der Waals surface area contributed by atoms with Gasteiger partial charge in [-0.3, -0.25) is 15.1 Å². The van der Waals surface area contributed by atoms with E-state index in [1.807, 2.05) is 30.3 Å². The summed E-state index contributed by atoms with van der Waals surface area (Å²) < 4.78 is 4.39. The van der Waals surface area contributed by atoms with Gasteiger partial charge in [-0.2, -0.15) is 5.06 Å². The van der Waals surface area contributed by atoms with E-state index in [4.69, 9.17) is 4.84 Å². The molecule has 1 aromatic carbocycles. The summed E-state index contributed by atoms with van der Waals surface area (Å²) in [5.74, 6) is -0.456. The molecule has 0 aromatic heterocycles. The number of piperidine rings is 1. The maximum absolute atomic E-state index is 12.6. The van der Waals surface area contributed by atoms with Crippen LogP contribution in [0, 0.1) is 0 Å². The van der Waals surface area contributed by atoms with Gasteiger partial charge in [0.2, 0.25) is 0 Å². The maximum atomic E-state index is 12.6. The Kier molecular flexibility index (Phi) is 5.03. The van der Waals surface area contributed by atoms with Gasteiger partial charge < -0.3 is 9.64 Å². The molecule has 9 heteroatoms. The van der Waals surface area contributed by atoms with E-state index in [-0.39, 0.29) is 18.7 Å². The number of benzene rings is 1. The topological polar surface area (TPSA) is 100 Å². The average molecular weight is 348 g/mol. The van der Waals surface area contributed by atoms with Crippen LogP contribution in [0.25, 0.3) is 0 Å². The molecule has 2 bridgehead atoms. The Morgan fingerprint density at radius 3 is 2.68 bits per heavy atom. The molecule has 2 heterocycles. The molecule has 2 saturated heterocycles. The van der Waals surface area contributed by atoms with Crippen LogP contribution in [0.4, 0.5) is 9.59 Å². The third-order valence-electron chi connectivity index (χ3n) is 4.31. The van der Waals surface area contributed by atoms with Crippen LogP contribution in [0.5, 0.6) is 0 Å². The lowest BCUT2D eigenvalue weighted by molar-refractivity contribution is -0.140. The first kappa shape index (κ1) is 17.0. The Morgan fingerprint density at radius 1 is 1.20 bits per heavy atom. The van der Waals surface area contributed by atoms with Crippen LogP contribution in [0.2, 0.25) is 0 Å². The van der Waals surface area contributed by atoms with Gasteiger partial charge in [-0.1, -0.05) is 30.3 Å². The number of ether oxygens (including phenoxy) is 1. The number of urea groups is 1. The number of fused-ring (bicyclic) bond motifs is 2. The lowest BCUT2D eigenvalue weighted by atomic mass is 10.0. The number of carbonyl (C=O) groups excluding carboxylic acids is 3. The second kappa shape index (κ2) is 7.39. The van der Waals surface area contributed by atoms with E-state index in [1.165, 1.54) is 17.1 Å². The zero-order valence-electron chi connectivity index (χ0n) is 13.8. The van der Waals surface area contributed by atoms with Crippen molar-refractivity contribution in [1.29, 1.82) is 0 Å². The van der Waals surface area contributed by atoms with E-state index < -0.39 is 18.0 Å². The van der Waals surface area contributed by atoms with Gasteiger partial charge >= 0.3 is 12.1 Å². The molecule has 2 aliphatic heterocycles. The largest absolute Gasteiger partial charge is 0.452 e. The zero-order chi connectivity index (χ0) is 17.8. The predicted octanol–water partition coefficient (Wildman–Crippen LogP) is 0.774. The highest BCUT2D eigenvalue weighted by Crippen LogP contribution is 2.30. The monoisotopic (exact) mass is 348 g/mol. The van der Waals surface area contributed by atoms with Gasteiger partial charge in [0, 0.05) is 6.54 Å². The summed E-state index contributed by atoms with van der Waals surface area (Å²) >= 11 is 0. The molecule has 0 spiro atoms. The van der Waals surface area contributed by atoms with Crippen molar-refractivity contribution in [2.45, 2.75) is 31.5 Å². The van der Waals surface area contributed by atoms with Crippen molar-refractivity contribution >= 4 is 18.0 Å². The standard InChI is InChI=1S/C16H20N4O5/c1-24-15(22)18-17-14(21)13-8-7-12-9-19(13)16(23)20(12)25-10-11-5-3-2-4-6-11/h2-6,12-13H,7-10H2,1H3,(H,17,21)(H,18,22)/t12-,13+/m1/s1. The number of nitrogens with one attached hydrogen (secondary N) is 2. The Morgan fingerprint density at radius 2 is 1.96 bits per heavy atom. The molecule has 2 N–H and O–H groups in total. The summed E-state index contributed by atoms with van der Waals surface area (Å²) in [6.45, 7) is 0.710. The summed E-state index contributed by atoms with van der Waals surface area (Å²) in [6, 6.07) is 8.50. The SMILES string of the molecule is COC(=O)NNC(=O)[C@@H]1CC[C@@H]2CN1C(=O)N2OCc1ccccc1. The minimum atomic E-state index is -0.775. The average Bonchev–Trinajstić information content (AvgIpc) is 2.89. The fourth-order valence-electron chi connectivity index (χ4n) is 3.04. The van der Waals surface area contributed by atoms with Gasteiger partial charge in [0.25, 0.3) is 5.91 Å². The van der Waals surface area contributed by atoms with Gasteiger partial charge in [-0.05, 0) is 18.4 Å². The van der Waals surface area contributed by atoms with E-state index in [0.717, 1.165) is 5.56 Å². The Balaban J connectivity index is 1.58. The maximum Gasteiger partial charge on any atom is 0.425 e. The number of hydrogen-bond donors (Lipinski definition) is 2. The molecule has 134 valence electrons. The highest BCUT2D eigenvalue weighted by Gasteiger charge is 2.47. The van der Waals surface area contributed by atoms with E-state index in [1.54, 1.807) is 0 Å². The van der Waals surface area contributed by atoms with E-state index in [0.29, 0.717) is 19.4 Å². The third kappa shape index (κ3) is 3.66. The van der Waals surface area contributed by atoms with Crippen molar-refractivity contribution in [3.05, 3.63) is 35.9 Å². The second-order valence-corrected chi connectivity index (χ2v) is 5.87. The fraction of sp³-hybridized carbons (Fsp3) is 0.438. The third-order valence-corrected chi connectivity index (χ3v) is 4.31. The minimum absolute atomic E-state index is 0.0752. The van der Waals surface area contributed by atoms with Crippen LogP contribution < -0.4 is 10.9 Å². The lowest BCUT2D eigenvalue weighted by Gasteiger charge is -2.29. The molecule has 25 heavy (non-hydrogen) atoms. The van der Waals surface area contributed by atoms with E-state index >= 15 is 0 Å². The molecule has 3 rings (SSSR count). The summed E-state index contributed by atoms with van der Waals surface area (Å²) in [5, 5.41) is 1.36. The number of amides is 4. The summed E-state index contributed by atoms with van der Waals surface area (Å²) in [6.07, 6.45) is 0.367. The molecule has 0 radical (unpaired) electrons. The molecule has 0 saturated carbocycles. The molecular weight excluding hydrogens is 328 g/mol. The van der Waals surface area contributed by atoms with Gasteiger partial charge in [0.1, 0.15) is 12.6 Å². The number of methoxy groups -OCH3 is 1. The number of rotatable bonds is 4. The molecule has 4 amide bonds. The van der Waals surface area contributed by atoms with Crippen LogP contribution in [-0.2, 0) is 21.0 Å². The Hall–Kier alpha value is -2.81. The molecule has 0 aliphatic carbocycles. The van der Waals surface area contributed by atoms with Crippen molar-refractivity contribution in [1.82, 2.24) is 20.8 Å². The second-order valence-electron chi connectivity index (χ2n) is 5.87. The van der Waals surface area contributed by atoms with Gasteiger partial charge in [-0.25, -0.2) is 15.0 Å². The van der Waals surface area contributed by atoms with Crippen molar-refractivity contribution in [2.24, 2.45) is 0 Å². The Bertz CT molecular complexity index is 653. The number of hydroxylamine groups is 2. The minimum Gasteiger partial charge on any atom is -0.452 e. The van der Waals surface area contributed by atoms with Crippen molar-refractivity contribution in [2.75, 3.05) is 13.7 Å². The number of nitrogens with zero attached hydrogens (tertiary/aromatic N) is 2. The smallest absolute Gasteiger partial charge is 0.425 e. The molecule has 0 unspecified atom stereocenters. The van der Waals surface area contributed by atoms with Crippen molar-refractivity contribution in [3.8, 4) is 0 Å². The van der Waals surface area contributed by atoms with Crippen LogP contribution >= 0.6 is 0 Å². The molecular formula is C16H20N4O5. The zero-order valence-corrected chi connectivity index (χ0v) is 13.8. The normalized spacial score (nSPS) is 21.9. The van der Waals surface area contributed by atoms with Gasteiger partial charge in [-0.15, -0.1) is 0 Å². The Labute approximate surface area is 144 Å². The summed E-state index contributed by atoms with van der Waals surface area (Å²) in [4.78, 5) is 42.9. The fourth-order valence-corrected chi connectivity index (χ4v) is 3.04. The van der Waals surface area contributed by atoms with Crippen LogP contribution in [0.1, 0.15) is 18.4 Å². The predicted molar refractivity (Wildman–Crippen MR) is 85.7 cm³/mol. The first-order valence-corrected chi connectivity index (χ1v) is 8.00. The van der Waals surface area contributed by atoms with Crippen molar-refractivity contribution in [3.63, 3.8) is 0 Å². The summed E-state index contributed by atoms with van der Waals surface area (Å²) in [7, 11) is 1.19. The van der Waals surface area contributed by atoms with Crippen LogP contribution in [-0.4, -0.2) is 53.7 Å². The summed E-state index contributed by atoms with van der Waals surface area (Å²) in [5.41, 5.74) is 5.34. The molecule has 1 aromatic rings. The molecule has 2 aliphatic rings. The lowest BCUT2D eigenvalue weighted by Crippen LogP contribution is -2.54. The molecule has 9 nitrogen and oxygen atoms in total. The van der Waals surface area contributed by atoms with Crippen LogP contribution in [0.3, 0.4) is 0 Å². The number of hydrogen-bond acceptors (Lipinski definition) is 5. The van der Waals surface area contributed by atoms with Gasteiger partial charge in [0.15, 0.2) is 0 Å². The van der Waals surface area contributed by atoms with Crippen molar-refractivity contribution < 1.29 is 24.0 Å². The number of hydrazine groups is 1. The first-order valence-electron chi connectivity index (χ1n) is 8.00.